The Kier molecular flexibility index (Phi) is 5.63. The third-order valence-corrected chi connectivity index (χ3v) is 5.80. The number of aliphatic hydroxyl groups is 1. The highest BCUT2D eigenvalue weighted by atomic mass is 16.6. The van der Waals surface area contributed by atoms with E-state index in [-0.39, 0.29) is 42.2 Å². The van der Waals surface area contributed by atoms with Crippen LogP contribution < -0.4 is 0 Å². The Hall–Kier alpha value is -2.89. The minimum atomic E-state index is -1.81. The maximum Gasteiger partial charge on any atom is 0.332 e. The number of Topliss-reactive ketones (excluding diaryl/α,β-unsaturated/α-hetero) is 1. The first kappa shape index (κ1) is 21.8. The fraction of sp³-hybridized carbons (Fsp3) is 0.458. The van der Waals surface area contributed by atoms with Gasteiger partial charge in [-0.3, -0.25) is 14.4 Å². The minimum absolute atomic E-state index is 0.0241. The van der Waals surface area contributed by atoms with Gasteiger partial charge in [0, 0.05) is 12.8 Å². The van der Waals surface area contributed by atoms with Gasteiger partial charge in [0.1, 0.15) is 5.76 Å². The molecule has 0 fully saturated rings. The molecule has 6 heteroatoms. The van der Waals surface area contributed by atoms with E-state index in [2.05, 4.69) is 0 Å². The van der Waals surface area contributed by atoms with Crippen molar-refractivity contribution in [2.75, 3.05) is 13.2 Å². The Balaban J connectivity index is 2.36. The summed E-state index contributed by atoms with van der Waals surface area (Å²) in [6.07, 6.45) is 0.593. The maximum absolute atomic E-state index is 13.2. The zero-order valence-electron chi connectivity index (χ0n) is 18.1. The van der Waals surface area contributed by atoms with Crippen molar-refractivity contribution in [1.82, 2.24) is 0 Å². The number of carbonyl (C=O) groups is 3. The van der Waals surface area contributed by atoms with Crippen LogP contribution in [0.1, 0.15) is 58.6 Å². The number of ether oxygens (including phenoxy) is 2. The van der Waals surface area contributed by atoms with E-state index in [1.54, 1.807) is 45.0 Å². The van der Waals surface area contributed by atoms with Crippen molar-refractivity contribution >= 4 is 23.3 Å². The molecule has 0 radical (unpaired) electrons. The van der Waals surface area contributed by atoms with Gasteiger partial charge < -0.3 is 14.6 Å². The summed E-state index contributed by atoms with van der Waals surface area (Å²) in [4.78, 5) is 39.5. The third-order valence-electron chi connectivity index (χ3n) is 5.80. The monoisotopic (exact) mass is 412 g/mol. The van der Waals surface area contributed by atoms with Crippen molar-refractivity contribution in [2.45, 2.75) is 52.9 Å². The summed E-state index contributed by atoms with van der Waals surface area (Å²) in [7, 11) is 0. The Morgan fingerprint density at radius 1 is 1.00 bits per heavy atom. The second-order valence-corrected chi connectivity index (χ2v) is 8.50. The third kappa shape index (κ3) is 3.15. The summed E-state index contributed by atoms with van der Waals surface area (Å²) in [5.41, 5.74) is -0.262. The quantitative estimate of drug-likeness (QED) is 0.580. The Bertz CT molecular complexity index is 961. The SMILES string of the molecule is CCOC(=O)C1(C(=O)OCC)C(C)=C(C2=C(O)CC(C)(C)CC2=O)c2ccccc21. The Labute approximate surface area is 176 Å². The van der Waals surface area contributed by atoms with Crippen molar-refractivity contribution in [3.8, 4) is 0 Å². The van der Waals surface area contributed by atoms with Gasteiger partial charge >= 0.3 is 11.9 Å². The molecule has 2 aliphatic carbocycles. The van der Waals surface area contributed by atoms with E-state index in [1.807, 2.05) is 13.8 Å². The van der Waals surface area contributed by atoms with Crippen LogP contribution in [-0.4, -0.2) is 36.0 Å². The number of benzene rings is 1. The lowest BCUT2D eigenvalue weighted by Gasteiger charge is -2.30. The van der Waals surface area contributed by atoms with E-state index in [9.17, 15) is 19.5 Å². The molecule has 3 rings (SSSR count). The number of rotatable bonds is 5. The van der Waals surface area contributed by atoms with Crippen molar-refractivity contribution < 1.29 is 29.0 Å². The number of allylic oxidation sites excluding steroid dienone is 3. The van der Waals surface area contributed by atoms with Gasteiger partial charge in [0.25, 0.3) is 0 Å². The van der Waals surface area contributed by atoms with Gasteiger partial charge in [-0.25, -0.2) is 0 Å². The van der Waals surface area contributed by atoms with Crippen molar-refractivity contribution in [2.24, 2.45) is 5.41 Å². The van der Waals surface area contributed by atoms with Crippen LogP contribution in [0.5, 0.6) is 0 Å². The summed E-state index contributed by atoms with van der Waals surface area (Å²) >= 11 is 0. The number of hydrogen-bond donors (Lipinski definition) is 1. The molecule has 0 amide bonds. The van der Waals surface area contributed by atoms with Gasteiger partial charge in [-0.15, -0.1) is 0 Å². The summed E-state index contributed by atoms with van der Waals surface area (Å²) < 4.78 is 10.6. The molecule has 0 unspecified atom stereocenters. The number of fused-ring (bicyclic) bond motifs is 1. The predicted molar refractivity (Wildman–Crippen MR) is 112 cm³/mol. The molecule has 0 aromatic heterocycles. The number of aliphatic hydroxyl groups excluding tert-OH is 1. The van der Waals surface area contributed by atoms with Crippen LogP contribution in [-0.2, 0) is 29.3 Å². The summed E-state index contributed by atoms with van der Waals surface area (Å²) in [5.74, 6) is -1.72. The topological polar surface area (TPSA) is 89.9 Å². The molecule has 0 atom stereocenters. The van der Waals surface area contributed by atoms with Gasteiger partial charge in [0.05, 0.1) is 18.8 Å². The van der Waals surface area contributed by atoms with Crippen LogP contribution in [0.25, 0.3) is 5.57 Å². The van der Waals surface area contributed by atoms with Crippen molar-refractivity contribution in [3.63, 3.8) is 0 Å². The van der Waals surface area contributed by atoms with Gasteiger partial charge in [-0.1, -0.05) is 38.1 Å². The molecular formula is C24H28O6. The minimum Gasteiger partial charge on any atom is -0.512 e. The van der Waals surface area contributed by atoms with E-state index in [0.29, 0.717) is 28.7 Å². The highest BCUT2D eigenvalue weighted by Gasteiger charge is 2.58. The van der Waals surface area contributed by atoms with Crippen LogP contribution in [0, 0.1) is 5.41 Å². The first-order valence-electron chi connectivity index (χ1n) is 10.2. The molecule has 2 aliphatic rings. The zero-order valence-corrected chi connectivity index (χ0v) is 18.1. The van der Waals surface area contributed by atoms with Gasteiger partial charge in [0.15, 0.2) is 5.78 Å². The van der Waals surface area contributed by atoms with E-state index in [4.69, 9.17) is 9.47 Å². The Morgan fingerprint density at radius 2 is 1.57 bits per heavy atom. The van der Waals surface area contributed by atoms with E-state index in [1.165, 1.54) is 0 Å². The highest BCUT2D eigenvalue weighted by Crippen LogP contribution is 2.53. The lowest BCUT2D eigenvalue weighted by atomic mass is 9.73. The predicted octanol–water partition coefficient (Wildman–Crippen LogP) is 4.04. The van der Waals surface area contributed by atoms with E-state index < -0.39 is 17.4 Å². The molecule has 0 heterocycles. The summed E-state index contributed by atoms with van der Waals surface area (Å²) in [5, 5.41) is 10.8. The van der Waals surface area contributed by atoms with Crippen molar-refractivity contribution in [3.05, 3.63) is 52.3 Å². The van der Waals surface area contributed by atoms with Crippen LogP contribution in [0.2, 0.25) is 0 Å². The lowest BCUT2D eigenvalue weighted by Crippen LogP contribution is -2.46. The maximum atomic E-state index is 13.2. The standard InChI is InChI=1S/C24H28O6/c1-6-29-21(27)24(22(28)30-7-2)14(3)19(15-10-8-9-11-16(15)24)20-17(25)12-23(4,5)13-18(20)26/h8-11,25H,6-7,12-13H2,1-5H3. The normalized spacial score (nSPS) is 19.6. The number of hydrogen-bond acceptors (Lipinski definition) is 6. The summed E-state index contributed by atoms with van der Waals surface area (Å²) in [6.45, 7) is 8.98. The van der Waals surface area contributed by atoms with E-state index >= 15 is 0 Å². The van der Waals surface area contributed by atoms with Crippen LogP contribution in [0.3, 0.4) is 0 Å². The molecule has 160 valence electrons. The van der Waals surface area contributed by atoms with Crippen LogP contribution >= 0.6 is 0 Å². The molecule has 0 aliphatic heterocycles. The highest BCUT2D eigenvalue weighted by molar-refractivity contribution is 6.21. The lowest BCUT2D eigenvalue weighted by molar-refractivity contribution is -0.162. The van der Waals surface area contributed by atoms with E-state index in [0.717, 1.165) is 0 Å². The molecule has 1 aromatic carbocycles. The number of carbonyl (C=O) groups excluding carboxylic acids is 3. The second-order valence-electron chi connectivity index (χ2n) is 8.50. The fourth-order valence-corrected chi connectivity index (χ4v) is 4.60. The van der Waals surface area contributed by atoms with Gasteiger partial charge in [-0.05, 0) is 48.5 Å². The average Bonchev–Trinajstić information content (AvgIpc) is 2.90. The molecule has 0 saturated heterocycles. The first-order chi connectivity index (χ1) is 14.1. The fourth-order valence-electron chi connectivity index (χ4n) is 4.60. The Morgan fingerprint density at radius 3 is 2.10 bits per heavy atom. The van der Waals surface area contributed by atoms with Gasteiger partial charge in [0.2, 0.25) is 5.41 Å². The van der Waals surface area contributed by atoms with Crippen LogP contribution in [0.4, 0.5) is 0 Å². The molecule has 0 saturated carbocycles. The molecule has 1 N–H and O–H groups in total. The number of esters is 2. The van der Waals surface area contributed by atoms with Crippen LogP contribution in [0.15, 0.2) is 41.2 Å². The number of ketones is 1. The largest absolute Gasteiger partial charge is 0.512 e. The molecule has 0 bridgehead atoms. The average molecular weight is 412 g/mol. The first-order valence-corrected chi connectivity index (χ1v) is 10.2. The molecule has 30 heavy (non-hydrogen) atoms. The van der Waals surface area contributed by atoms with Gasteiger partial charge in [-0.2, -0.15) is 0 Å². The zero-order chi connectivity index (χ0) is 22.3. The molecule has 1 aromatic rings. The molecule has 6 nitrogen and oxygen atoms in total. The smallest absolute Gasteiger partial charge is 0.332 e. The van der Waals surface area contributed by atoms with Crippen molar-refractivity contribution in [1.29, 1.82) is 0 Å². The molecular weight excluding hydrogens is 384 g/mol. The second kappa shape index (κ2) is 7.74. The summed E-state index contributed by atoms with van der Waals surface area (Å²) in [6, 6.07) is 6.92. The molecule has 0 spiro atoms.